The second-order valence-electron chi connectivity index (χ2n) is 16.0. The second kappa shape index (κ2) is 16.4. The molecule has 0 aliphatic rings. The molecule has 4 heteroatoms. The zero-order valence-electron chi connectivity index (χ0n) is 34.7. The van der Waals surface area contributed by atoms with Crippen molar-refractivity contribution in [1.29, 1.82) is 0 Å². The number of nitrogens with zero attached hydrogens (tertiary/aromatic N) is 3. The van der Waals surface area contributed by atoms with Crippen molar-refractivity contribution < 1.29 is 0 Å². The van der Waals surface area contributed by atoms with Gasteiger partial charge in [0.25, 0.3) is 0 Å². The Labute approximate surface area is 369 Å². The number of hydrogen-bond donors (Lipinski definition) is 0. The van der Waals surface area contributed by atoms with Crippen molar-refractivity contribution in [2.24, 2.45) is 0 Å². The lowest BCUT2D eigenvalue weighted by molar-refractivity contribution is 1.18. The van der Waals surface area contributed by atoms with Crippen LogP contribution in [0.1, 0.15) is 0 Å². The highest BCUT2D eigenvalue weighted by Gasteiger charge is 2.41. The molecule has 0 amide bonds. The molecule has 0 radical (unpaired) electrons. The lowest BCUT2D eigenvalue weighted by atomic mass is 10.0. The van der Waals surface area contributed by atoms with Crippen LogP contribution in [0.4, 0.5) is 17.1 Å². The van der Waals surface area contributed by atoms with Crippen LogP contribution >= 0.6 is 0 Å². The van der Waals surface area contributed by atoms with E-state index in [9.17, 15) is 0 Å². The van der Waals surface area contributed by atoms with Gasteiger partial charge in [-0.1, -0.05) is 182 Å². The van der Waals surface area contributed by atoms with E-state index in [2.05, 4.69) is 257 Å². The van der Waals surface area contributed by atoms with Crippen molar-refractivity contribution in [2.75, 3.05) is 4.90 Å². The van der Waals surface area contributed by atoms with Crippen molar-refractivity contribution >= 4 is 67.7 Å². The van der Waals surface area contributed by atoms with Crippen LogP contribution in [0.25, 0.3) is 49.9 Å². The summed E-state index contributed by atoms with van der Waals surface area (Å²) in [5.41, 5.74) is 11.2. The summed E-state index contributed by atoms with van der Waals surface area (Å²) >= 11 is 0. The maximum absolute atomic E-state index is 4.62. The zero-order chi connectivity index (χ0) is 42.0. The van der Waals surface area contributed by atoms with E-state index in [0.717, 1.165) is 39.6 Å². The molecule has 63 heavy (non-hydrogen) atoms. The minimum Gasteiger partial charge on any atom is -0.311 e. The third-order valence-corrected chi connectivity index (χ3v) is 17.2. The quantitative estimate of drug-likeness (QED) is 0.101. The molecule has 0 aliphatic carbocycles. The van der Waals surface area contributed by atoms with E-state index in [-0.39, 0.29) is 0 Å². The molecule has 0 aliphatic heterocycles. The monoisotopic (exact) mass is 821 g/mol. The molecule has 11 aromatic rings. The molecule has 0 N–H and O–H groups in total. The molecule has 0 unspecified atom stereocenters. The van der Waals surface area contributed by atoms with Gasteiger partial charge in [0.15, 0.2) is 8.07 Å². The van der Waals surface area contributed by atoms with Gasteiger partial charge in [-0.2, -0.15) is 0 Å². The SMILES string of the molecule is c1ccc([Si](c2ccccc2)(c2ccccc2)c2ccc(N(c3ccc(-c4ccc(-n5c6ccccc6c6ccccc65)cc4)cc3)c3ccc(-c4ccccn4)cc3)cc2)cc1. The molecule has 0 spiro atoms. The Balaban J connectivity index is 0.987. The summed E-state index contributed by atoms with van der Waals surface area (Å²) in [7, 11) is -2.68. The number of anilines is 3. The molecule has 0 bridgehead atoms. The van der Waals surface area contributed by atoms with E-state index in [4.69, 9.17) is 0 Å². The zero-order valence-corrected chi connectivity index (χ0v) is 35.7. The lowest BCUT2D eigenvalue weighted by Gasteiger charge is -2.35. The van der Waals surface area contributed by atoms with Gasteiger partial charge in [-0.15, -0.1) is 0 Å². The number of rotatable bonds is 10. The maximum Gasteiger partial charge on any atom is 0.179 e. The summed E-state index contributed by atoms with van der Waals surface area (Å²) in [5, 5.41) is 7.94. The molecular weight excluding hydrogens is 779 g/mol. The van der Waals surface area contributed by atoms with Crippen molar-refractivity contribution in [3.05, 3.63) is 261 Å². The summed E-state index contributed by atoms with van der Waals surface area (Å²) in [6.07, 6.45) is 1.85. The summed E-state index contributed by atoms with van der Waals surface area (Å²) in [6, 6.07) is 92.7. The molecule has 0 fully saturated rings. The van der Waals surface area contributed by atoms with Gasteiger partial charge >= 0.3 is 0 Å². The fourth-order valence-electron chi connectivity index (χ4n) is 9.49. The maximum atomic E-state index is 4.62. The van der Waals surface area contributed by atoms with Crippen LogP contribution in [0.5, 0.6) is 0 Å². The Hall–Kier alpha value is -8.05. The normalized spacial score (nSPS) is 11.5. The Bertz CT molecular complexity index is 3130. The first-order valence-corrected chi connectivity index (χ1v) is 23.5. The van der Waals surface area contributed by atoms with Crippen LogP contribution in [-0.4, -0.2) is 17.6 Å². The van der Waals surface area contributed by atoms with E-state index in [1.807, 2.05) is 18.3 Å². The molecule has 3 nitrogen and oxygen atoms in total. The van der Waals surface area contributed by atoms with Crippen molar-refractivity contribution in [3.63, 3.8) is 0 Å². The number of fused-ring (bicyclic) bond motifs is 3. The Kier molecular flexibility index (Phi) is 9.89. The summed E-state index contributed by atoms with van der Waals surface area (Å²) < 4.78 is 2.37. The topological polar surface area (TPSA) is 21.1 Å². The van der Waals surface area contributed by atoms with Crippen LogP contribution in [0, 0.1) is 0 Å². The third kappa shape index (κ3) is 6.83. The Morgan fingerprint density at radius 2 is 0.698 bits per heavy atom. The first-order chi connectivity index (χ1) is 31.3. The van der Waals surface area contributed by atoms with E-state index in [1.54, 1.807) is 0 Å². The van der Waals surface area contributed by atoms with E-state index in [0.29, 0.717) is 0 Å². The van der Waals surface area contributed by atoms with Crippen LogP contribution in [-0.2, 0) is 0 Å². The van der Waals surface area contributed by atoms with Gasteiger partial charge in [0.1, 0.15) is 0 Å². The molecular formula is C59H43N3Si. The minimum atomic E-state index is -2.68. The van der Waals surface area contributed by atoms with E-state index in [1.165, 1.54) is 48.1 Å². The van der Waals surface area contributed by atoms with Gasteiger partial charge in [0.2, 0.25) is 0 Å². The van der Waals surface area contributed by atoms with Crippen LogP contribution in [0.15, 0.2) is 261 Å². The predicted molar refractivity (Wildman–Crippen MR) is 268 cm³/mol. The number of benzene rings is 9. The Morgan fingerprint density at radius 1 is 0.317 bits per heavy atom. The molecule has 11 rings (SSSR count). The Morgan fingerprint density at radius 3 is 1.16 bits per heavy atom. The number of hydrogen-bond acceptors (Lipinski definition) is 2. The second-order valence-corrected chi connectivity index (χ2v) is 19.8. The number of aromatic nitrogens is 2. The highest BCUT2D eigenvalue weighted by molar-refractivity contribution is 7.19. The fourth-order valence-corrected chi connectivity index (χ4v) is 14.2. The number of para-hydroxylation sites is 2. The van der Waals surface area contributed by atoms with Gasteiger partial charge in [-0.3, -0.25) is 4.98 Å². The molecule has 0 saturated carbocycles. The highest BCUT2D eigenvalue weighted by Crippen LogP contribution is 2.37. The summed E-state index contributed by atoms with van der Waals surface area (Å²) in [6.45, 7) is 0. The smallest absolute Gasteiger partial charge is 0.179 e. The average Bonchev–Trinajstić information content (AvgIpc) is 3.71. The van der Waals surface area contributed by atoms with Crippen molar-refractivity contribution in [2.45, 2.75) is 0 Å². The third-order valence-electron chi connectivity index (χ3n) is 12.4. The first-order valence-electron chi connectivity index (χ1n) is 21.5. The minimum absolute atomic E-state index is 0.956. The summed E-state index contributed by atoms with van der Waals surface area (Å²) in [5.74, 6) is 0. The van der Waals surface area contributed by atoms with Crippen LogP contribution in [0.3, 0.4) is 0 Å². The summed E-state index contributed by atoms with van der Waals surface area (Å²) in [4.78, 5) is 6.98. The van der Waals surface area contributed by atoms with Gasteiger partial charge in [-0.25, -0.2) is 0 Å². The van der Waals surface area contributed by atoms with Gasteiger partial charge in [0.05, 0.1) is 16.7 Å². The molecule has 2 heterocycles. The standard InChI is InChI=1S/C59H43N3Si/c1-4-16-51(17-5-1)63(52-18-6-2-7-19-52,53-20-8-3-9-21-53)54-41-39-49(40-42-54)61(48-37-31-46(32-38-48)57-24-14-15-43-60-57)47-33-27-44(28-34-47)45-29-35-50(36-30-45)62-58-25-12-10-22-55(58)56-23-11-13-26-59(56)62/h1-43H. The largest absolute Gasteiger partial charge is 0.311 e. The molecule has 9 aromatic carbocycles. The predicted octanol–water partition coefficient (Wildman–Crippen LogP) is 12.4. The average molecular weight is 822 g/mol. The van der Waals surface area contributed by atoms with Gasteiger partial charge < -0.3 is 9.47 Å². The molecule has 0 saturated heterocycles. The van der Waals surface area contributed by atoms with Crippen molar-refractivity contribution in [3.8, 4) is 28.1 Å². The molecule has 2 aromatic heterocycles. The van der Waals surface area contributed by atoms with Crippen LogP contribution in [0.2, 0.25) is 0 Å². The number of pyridine rings is 1. The van der Waals surface area contributed by atoms with Crippen molar-refractivity contribution in [1.82, 2.24) is 9.55 Å². The van der Waals surface area contributed by atoms with Gasteiger partial charge in [-0.05, 0) is 105 Å². The highest BCUT2D eigenvalue weighted by atomic mass is 28.3. The molecule has 298 valence electrons. The molecule has 0 atom stereocenters. The first kappa shape index (κ1) is 37.9. The van der Waals surface area contributed by atoms with Gasteiger partial charge in [0, 0.05) is 45.3 Å². The van der Waals surface area contributed by atoms with E-state index >= 15 is 0 Å². The van der Waals surface area contributed by atoms with Crippen LogP contribution < -0.4 is 25.6 Å². The fraction of sp³-hybridized carbons (Fsp3) is 0. The lowest BCUT2D eigenvalue weighted by Crippen LogP contribution is -2.74. The van der Waals surface area contributed by atoms with E-state index < -0.39 is 8.07 Å².